The number of aromatic nitrogens is 5. The second-order valence-corrected chi connectivity index (χ2v) is 16.0. The summed E-state index contributed by atoms with van der Waals surface area (Å²) in [6, 6.07) is 70.3. The smallest absolute Gasteiger partial charge is 0.164 e. The van der Waals surface area contributed by atoms with E-state index in [-0.39, 0.29) is 11.6 Å². The van der Waals surface area contributed by atoms with Crippen molar-refractivity contribution < 1.29 is 8.78 Å². The molecule has 0 aliphatic rings. The highest BCUT2D eigenvalue weighted by Gasteiger charge is 2.18. The number of benzene rings is 9. The lowest BCUT2D eigenvalue weighted by Crippen LogP contribution is -2.00. The van der Waals surface area contributed by atoms with Gasteiger partial charge in [0.1, 0.15) is 11.6 Å². The van der Waals surface area contributed by atoms with E-state index < -0.39 is 0 Å². The molecule has 0 aliphatic heterocycles. The van der Waals surface area contributed by atoms with Crippen molar-refractivity contribution >= 4 is 43.6 Å². The third-order valence-corrected chi connectivity index (χ3v) is 12.1. The summed E-state index contributed by atoms with van der Waals surface area (Å²) in [5.41, 5.74) is 13.3. The summed E-state index contributed by atoms with van der Waals surface area (Å²) in [7, 11) is 0. The average Bonchev–Trinajstić information content (AvgIpc) is 3.86. The molecule has 0 amide bonds. The van der Waals surface area contributed by atoms with Crippen molar-refractivity contribution in [2.45, 2.75) is 0 Å². The summed E-state index contributed by atoms with van der Waals surface area (Å²) in [4.78, 5) is 14.3. The van der Waals surface area contributed by atoms with Crippen molar-refractivity contribution in [3.63, 3.8) is 0 Å². The van der Waals surface area contributed by atoms with Gasteiger partial charge in [-0.25, -0.2) is 23.7 Å². The van der Waals surface area contributed by atoms with Crippen LogP contribution in [0.4, 0.5) is 8.78 Å². The molecule has 0 radical (unpaired) electrons. The van der Waals surface area contributed by atoms with Crippen LogP contribution in [0.1, 0.15) is 0 Å². The van der Waals surface area contributed by atoms with Gasteiger partial charge in [-0.1, -0.05) is 109 Å². The molecule has 0 N–H and O–H groups in total. The Morgan fingerprint density at radius 1 is 0.266 bits per heavy atom. The van der Waals surface area contributed by atoms with E-state index >= 15 is 0 Å². The lowest BCUT2D eigenvalue weighted by Gasteiger charge is -2.11. The maximum absolute atomic E-state index is 13.9. The molecular formula is C57H35F2N5. The first-order valence-electron chi connectivity index (χ1n) is 21.1. The number of hydrogen-bond acceptors (Lipinski definition) is 3. The Kier molecular flexibility index (Phi) is 8.79. The van der Waals surface area contributed by atoms with E-state index in [2.05, 4.69) is 161 Å². The molecule has 3 aromatic heterocycles. The van der Waals surface area contributed by atoms with Crippen LogP contribution in [0.25, 0.3) is 111 Å². The van der Waals surface area contributed by atoms with E-state index in [0.717, 1.165) is 50.2 Å². The Morgan fingerprint density at radius 3 is 1.16 bits per heavy atom. The highest BCUT2D eigenvalue weighted by atomic mass is 19.1. The summed E-state index contributed by atoms with van der Waals surface area (Å²) in [5.74, 6) is 0.547. The maximum atomic E-state index is 13.9. The zero-order chi connectivity index (χ0) is 42.7. The van der Waals surface area contributed by atoms with Crippen LogP contribution in [0.2, 0.25) is 0 Å². The van der Waals surface area contributed by atoms with Crippen molar-refractivity contribution in [2.75, 3.05) is 0 Å². The lowest BCUT2D eigenvalue weighted by atomic mass is 10.00. The standard InChI is InChI=1S/C57H35F2N5/c58-43-26-19-38(20-27-43)56-60-55(61-57(62-56)39-21-28-44(59)29-22-39)37-17-15-36(16-18-37)41-23-30-48-49-31-24-42(35-54(49)64(53(48)34-41)46-11-5-2-6-12-46)40-25-32-52-50(33-40)47-13-7-8-14-51(47)63(52)45-9-3-1-4-10-45/h1-35H. The highest BCUT2D eigenvalue weighted by Crippen LogP contribution is 2.39. The molecule has 9 aromatic carbocycles. The highest BCUT2D eigenvalue weighted by molar-refractivity contribution is 6.13. The van der Waals surface area contributed by atoms with Crippen molar-refractivity contribution in [2.24, 2.45) is 0 Å². The van der Waals surface area contributed by atoms with Gasteiger partial charge >= 0.3 is 0 Å². The Hall–Kier alpha value is -8.55. The fourth-order valence-electron chi connectivity index (χ4n) is 9.01. The Bertz CT molecular complexity index is 3650. The molecule has 0 saturated carbocycles. The zero-order valence-electron chi connectivity index (χ0n) is 34.2. The Balaban J connectivity index is 0.952. The summed E-state index contributed by atoms with van der Waals surface area (Å²) >= 11 is 0. The van der Waals surface area contributed by atoms with Crippen LogP contribution < -0.4 is 0 Å². The van der Waals surface area contributed by atoms with Gasteiger partial charge in [0.2, 0.25) is 0 Å². The molecule has 0 aliphatic carbocycles. The molecule has 0 fully saturated rings. The molecule has 12 aromatic rings. The lowest BCUT2D eigenvalue weighted by molar-refractivity contribution is 0.627. The van der Waals surface area contributed by atoms with Gasteiger partial charge in [-0.2, -0.15) is 0 Å². The van der Waals surface area contributed by atoms with Crippen molar-refractivity contribution in [1.29, 1.82) is 0 Å². The third-order valence-electron chi connectivity index (χ3n) is 12.1. The molecular weight excluding hydrogens is 793 g/mol. The number of para-hydroxylation sites is 3. The predicted molar refractivity (Wildman–Crippen MR) is 256 cm³/mol. The minimum Gasteiger partial charge on any atom is -0.309 e. The van der Waals surface area contributed by atoms with E-state index in [4.69, 9.17) is 15.0 Å². The molecule has 7 heteroatoms. The van der Waals surface area contributed by atoms with Crippen molar-refractivity contribution in [3.8, 4) is 67.8 Å². The number of rotatable bonds is 7. The van der Waals surface area contributed by atoms with Crippen LogP contribution in [-0.4, -0.2) is 24.1 Å². The molecule has 64 heavy (non-hydrogen) atoms. The van der Waals surface area contributed by atoms with Crippen LogP contribution in [0.3, 0.4) is 0 Å². The van der Waals surface area contributed by atoms with Crippen LogP contribution in [0.15, 0.2) is 212 Å². The summed E-state index contributed by atoms with van der Waals surface area (Å²) in [6.45, 7) is 0. The van der Waals surface area contributed by atoms with Crippen LogP contribution >= 0.6 is 0 Å². The largest absolute Gasteiger partial charge is 0.309 e. The SMILES string of the molecule is Fc1ccc(-c2nc(-c3ccc(F)cc3)nc(-c3ccc(-c4ccc5c6ccc(-c7ccc8c(c7)c7ccccc7n8-c7ccccc7)cc6n(-c6ccccc6)c5c4)cc3)n2)cc1. The van der Waals surface area contributed by atoms with Crippen molar-refractivity contribution in [3.05, 3.63) is 224 Å². The number of hydrogen-bond donors (Lipinski definition) is 0. The predicted octanol–water partition coefficient (Wildman–Crippen LogP) is 14.7. The van der Waals surface area contributed by atoms with Gasteiger partial charge in [0.15, 0.2) is 17.5 Å². The van der Waals surface area contributed by atoms with Gasteiger partial charge in [-0.05, 0) is 125 Å². The molecule has 302 valence electrons. The second kappa shape index (κ2) is 15.1. The molecule has 0 unspecified atom stereocenters. The summed E-state index contributed by atoms with van der Waals surface area (Å²) in [6.07, 6.45) is 0. The van der Waals surface area contributed by atoms with E-state index in [0.29, 0.717) is 28.6 Å². The number of halogens is 2. The van der Waals surface area contributed by atoms with E-state index in [1.165, 1.54) is 56.8 Å². The third kappa shape index (κ3) is 6.41. The Labute approximate surface area is 366 Å². The van der Waals surface area contributed by atoms with Gasteiger partial charge < -0.3 is 9.13 Å². The zero-order valence-corrected chi connectivity index (χ0v) is 34.2. The molecule has 0 saturated heterocycles. The topological polar surface area (TPSA) is 48.5 Å². The summed E-state index contributed by atoms with van der Waals surface area (Å²) < 4.78 is 32.5. The number of nitrogens with zero attached hydrogens (tertiary/aromatic N) is 5. The van der Waals surface area contributed by atoms with Gasteiger partial charge in [0.05, 0.1) is 22.1 Å². The minimum absolute atomic E-state index is 0.350. The molecule has 0 bridgehead atoms. The molecule has 5 nitrogen and oxygen atoms in total. The van der Waals surface area contributed by atoms with Crippen LogP contribution in [0.5, 0.6) is 0 Å². The van der Waals surface area contributed by atoms with Gasteiger partial charge in [-0.15, -0.1) is 0 Å². The van der Waals surface area contributed by atoms with Gasteiger partial charge in [-0.3, -0.25) is 0 Å². The van der Waals surface area contributed by atoms with E-state index in [9.17, 15) is 8.78 Å². The summed E-state index contributed by atoms with van der Waals surface area (Å²) in [5, 5.41) is 4.78. The van der Waals surface area contributed by atoms with Crippen LogP contribution in [-0.2, 0) is 0 Å². The van der Waals surface area contributed by atoms with Gasteiger partial charge in [0.25, 0.3) is 0 Å². The maximum Gasteiger partial charge on any atom is 0.164 e. The van der Waals surface area contributed by atoms with E-state index in [1.54, 1.807) is 24.3 Å². The molecule has 0 atom stereocenters. The quantitative estimate of drug-likeness (QED) is 0.161. The fraction of sp³-hybridized carbons (Fsp3) is 0. The number of fused-ring (bicyclic) bond motifs is 6. The van der Waals surface area contributed by atoms with Crippen LogP contribution in [0, 0.1) is 11.6 Å². The first-order chi connectivity index (χ1) is 31.5. The molecule has 0 spiro atoms. The van der Waals surface area contributed by atoms with Gasteiger partial charge in [0, 0.05) is 49.6 Å². The molecule has 3 heterocycles. The average molecular weight is 828 g/mol. The second-order valence-electron chi connectivity index (χ2n) is 16.0. The first kappa shape index (κ1) is 37.2. The normalized spacial score (nSPS) is 11.6. The molecule has 12 rings (SSSR count). The first-order valence-corrected chi connectivity index (χ1v) is 21.1. The minimum atomic E-state index is -0.350. The monoisotopic (exact) mass is 827 g/mol. The Morgan fingerprint density at radius 2 is 0.625 bits per heavy atom. The van der Waals surface area contributed by atoms with E-state index in [1.807, 2.05) is 12.1 Å². The fourth-order valence-corrected chi connectivity index (χ4v) is 9.01. The van der Waals surface area contributed by atoms with Crippen molar-refractivity contribution in [1.82, 2.24) is 24.1 Å².